The number of nitrogens with zero attached hydrogens (tertiary/aromatic N) is 5. The molecule has 0 spiro atoms. The van der Waals surface area contributed by atoms with E-state index in [1.54, 1.807) is 0 Å². The molecule has 0 unspecified atom stereocenters. The molecule has 3 rings (SSSR count). The Labute approximate surface area is 134 Å². The summed E-state index contributed by atoms with van der Waals surface area (Å²) in [5.41, 5.74) is 0.919. The Balaban J connectivity index is 2.18. The number of aliphatic carboxylic acids is 1. The number of carboxylic acid groups (broad SMARTS) is 1. The first kappa shape index (κ1) is 15.1. The van der Waals surface area contributed by atoms with Gasteiger partial charge in [0.2, 0.25) is 6.33 Å². The van der Waals surface area contributed by atoms with Crippen LogP contribution in [0.3, 0.4) is 0 Å². The van der Waals surface area contributed by atoms with Crippen LogP contribution in [0.4, 0.5) is 11.5 Å². The number of aromatic amines is 1. The first-order chi connectivity index (χ1) is 11.5. The third-order valence-corrected chi connectivity index (χ3v) is 2.95. The molecule has 1 aromatic carbocycles. The van der Waals surface area contributed by atoms with Gasteiger partial charge in [0, 0.05) is 6.07 Å². The van der Waals surface area contributed by atoms with Crippen molar-refractivity contribution >= 4 is 28.6 Å². The van der Waals surface area contributed by atoms with Crippen LogP contribution in [0.25, 0.3) is 11.2 Å². The summed E-state index contributed by atoms with van der Waals surface area (Å²) in [6.45, 7) is 0. The van der Waals surface area contributed by atoms with Gasteiger partial charge in [-0.2, -0.15) is 4.98 Å². The number of rotatable bonds is 4. The van der Waals surface area contributed by atoms with Crippen molar-refractivity contribution in [2.75, 3.05) is 0 Å². The largest absolute Gasteiger partial charge is 0.508 e. The average molecular weight is 327 g/mol. The highest BCUT2D eigenvalue weighted by Crippen LogP contribution is 2.31. The number of imidazole rings is 1. The zero-order valence-electron chi connectivity index (χ0n) is 12.0. The molecular formula is C14H11N6O4+. The number of hydrogen-bond acceptors (Lipinski definition) is 7. The second-order valence-electron chi connectivity index (χ2n) is 4.57. The smallest absolute Gasteiger partial charge is 0.377 e. The minimum absolute atomic E-state index is 0.106. The Hall–Kier alpha value is -3.82. The molecule has 120 valence electrons. The van der Waals surface area contributed by atoms with Crippen LogP contribution in [-0.4, -0.2) is 45.9 Å². The number of hydrogen-bond donors (Lipinski definition) is 4. The predicted molar refractivity (Wildman–Crippen MR) is 80.2 cm³/mol. The standard InChI is InChI=1S/C14H10N6O4/c21-8-1-2-9(10(22)5-8)19-20(4-3-11(23)24)14-12-13(16-6-15-12)17-7-18-14/h1-7H,(H3,15,16,17,18,21,22,23,24)/p+1/b4-3+. The van der Waals surface area contributed by atoms with Crippen molar-refractivity contribution in [2.45, 2.75) is 0 Å². The zero-order chi connectivity index (χ0) is 17.1. The lowest BCUT2D eigenvalue weighted by Crippen LogP contribution is -1.99. The van der Waals surface area contributed by atoms with Crippen LogP contribution in [0.5, 0.6) is 11.5 Å². The van der Waals surface area contributed by atoms with E-state index >= 15 is 0 Å². The number of fused-ring (bicyclic) bond motifs is 1. The van der Waals surface area contributed by atoms with Crippen molar-refractivity contribution in [2.24, 2.45) is 5.11 Å². The van der Waals surface area contributed by atoms with Gasteiger partial charge in [0.25, 0.3) is 0 Å². The van der Waals surface area contributed by atoms with Crippen molar-refractivity contribution in [1.82, 2.24) is 19.9 Å². The molecule has 2 heterocycles. The van der Waals surface area contributed by atoms with Gasteiger partial charge in [-0.25, -0.2) is 9.78 Å². The molecule has 0 saturated heterocycles. The molecule has 0 aliphatic rings. The Morgan fingerprint density at radius 2 is 2.08 bits per heavy atom. The molecule has 3 aromatic rings. The third-order valence-electron chi connectivity index (χ3n) is 2.95. The first-order valence-corrected chi connectivity index (χ1v) is 6.62. The Morgan fingerprint density at radius 3 is 2.83 bits per heavy atom. The van der Waals surface area contributed by atoms with E-state index in [1.807, 2.05) is 0 Å². The van der Waals surface area contributed by atoms with Gasteiger partial charge in [-0.05, 0) is 17.1 Å². The molecule has 2 aromatic heterocycles. The molecule has 0 atom stereocenters. The Kier molecular flexibility index (Phi) is 3.85. The minimum Gasteiger partial charge on any atom is -0.508 e. The first-order valence-electron chi connectivity index (χ1n) is 6.62. The summed E-state index contributed by atoms with van der Waals surface area (Å²) in [4.78, 5) is 25.7. The second kappa shape index (κ2) is 6.12. The molecule has 0 bridgehead atoms. The van der Waals surface area contributed by atoms with E-state index in [-0.39, 0.29) is 23.0 Å². The van der Waals surface area contributed by atoms with Crippen LogP contribution < -0.4 is 0 Å². The van der Waals surface area contributed by atoms with Gasteiger partial charge in [0.15, 0.2) is 11.2 Å². The van der Waals surface area contributed by atoms with Crippen LogP contribution >= 0.6 is 0 Å². The van der Waals surface area contributed by atoms with Crippen LogP contribution in [0.15, 0.2) is 48.2 Å². The predicted octanol–water partition coefficient (Wildman–Crippen LogP) is 1.79. The summed E-state index contributed by atoms with van der Waals surface area (Å²) in [6.07, 6.45) is 4.70. The fourth-order valence-corrected chi connectivity index (χ4v) is 1.92. The van der Waals surface area contributed by atoms with E-state index in [0.717, 1.165) is 23.0 Å². The maximum absolute atomic E-state index is 10.8. The SMILES string of the molecule is O=C(O)/C=C/[N+](=Nc1ccc(O)cc1O)c1ncnc2nc[nH]c12. The summed E-state index contributed by atoms with van der Waals surface area (Å²) >= 11 is 0. The summed E-state index contributed by atoms with van der Waals surface area (Å²) in [5.74, 6) is -1.35. The molecule has 10 nitrogen and oxygen atoms in total. The maximum atomic E-state index is 10.8. The van der Waals surface area contributed by atoms with Crippen LogP contribution in [0, 0.1) is 0 Å². The number of H-pyrrole nitrogens is 1. The molecule has 0 saturated carbocycles. The topological polar surface area (TPSA) is 148 Å². The van der Waals surface area contributed by atoms with Crippen molar-refractivity contribution in [1.29, 1.82) is 0 Å². The lowest BCUT2D eigenvalue weighted by Gasteiger charge is -2.00. The summed E-state index contributed by atoms with van der Waals surface area (Å²) in [5, 5.41) is 32.2. The van der Waals surface area contributed by atoms with E-state index in [9.17, 15) is 15.0 Å². The molecule has 0 aliphatic heterocycles. The van der Waals surface area contributed by atoms with E-state index in [1.165, 1.54) is 24.8 Å². The lowest BCUT2D eigenvalue weighted by molar-refractivity contribution is -0.437. The lowest BCUT2D eigenvalue weighted by atomic mass is 10.3. The number of nitrogens with one attached hydrogen (secondary N) is 1. The molecule has 0 radical (unpaired) electrons. The molecule has 24 heavy (non-hydrogen) atoms. The second-order valence-corrected chi connectivity index (χ2v) is 4.57. The highest BCUT2D eigenvalue weighted by atomic mass is 16.4. The van der Waals surface area contributed by atoms with Crippen molar-refractivity contribution < 1.29 is 24.8 Å². The maximum Gasteiger partial charge on any atom is 0.377 e. The normalized spacial score (nSPS) is 12.1. The molecular weight excluding hydrogens is 316 g/mol. The average Bonchev–Trinajstić information content (AvgIpc) is 3.02. The van der Waals surface area contributed by atoms with E-state index < -0.39 is 5.97 Å². The fraction of sp³-hybridized carbons (Fsp3) is 0. The highest BCUT2D eigenvalue weighted by Gasteiger charge is 2.19. The van der Waals surface area contributed by atoms with Crippen LogP contribution in [0.1, 0.15) is 0 Å². The zero-order valence-corrected chi connectivity index (χ0v) is 12.0. The monoisotopic (exact) mass is 327 g/mol. The van der Waals surface area contributed by atoms with E-state index in [4.69, 9.17) is 5.11 Å². The summed E-state index contributed by atoms with van der Waals surface area (Å²) in [6, 6.07) is 3.82. The summed E-state index contributed by atoms with van der Waals surface area (Å²) in [7, 11) is 0. The number of azo groups is 2. The van der Waals surface area contributed by atoms with Gasteiger partial charge >= 0.3 is 11.8 Å². The van der Waals surface area contributed by atoms with Crippen molar-refractivity contribution in [3.8, 4) is 11.5 Å². The van der Waals surface area contributed by atoms with Gasteiger partial charge in [-0.3, -0.25) is 0 Å². The Morgan fingerprint density at radius 1 is 1.25 bits per heavy atom. The van der Waals surface area contributed by atoms with Crippen molar-refractivity contribution in [3.63, 3.8) is 0 Å². The van der Waals surface area contributed by atoms with Gasteiger partial charge in [-0.15, -0.1) is 0 Å². The number of benzene rings is 1. The highest BCUT2D eigenvalue weighted by molar-refractivity contribution is 5.80. The van der Waals surface area contributed by atoms with E-state index in [2.05, 4.69) is 25.1 Å². The van der Waals surface area contributed by atoms with Gasteiger partial charge in [-0.1, -0.05) is 9.81 Å². The fourth-order valence-electron chi connectivity index (χ4n) is 1.92. The molecule has 0 fully saturated rings. The minimum atomic E-state index is -1.18. The number of carboxylic acids is 1. The molecule has 10 heteroatoms. The number of aromatic nitrogens is 4. The number of aromatic hydroxyl groups is 2. The van der Waals surface area contributed by atoms with Crippen molar-refractivity contribution in [3.05, 3.63) is 43.1 Å². The summed E-state index contributed by atoms with van der Waals surface area (Å²) < 4.78 is 1.16. The third kappa shape index (κ3) is 3.02. The van der Waals surface area contributed by atoms with Gasteiger partial charge < -0.3 is 20.3 Å². The molecule has 0 amide bonds. The number of phenolic OH excluding ortho intramolecular Hbond substituents is 2. The Bertz CT molecular complexity index is 978. The van der Waals surface area contributed by atoms with Crippen LogP contribution in [0.2, 0.25) is 0 Å². The number of phenols is 2. The van der Waals surface area contributed by atoms with E-state index in [0.29, 0.717) is 11.2 Å². The quantitative estimate of drug-likeness (QED) is 0.324. The van der Waals surface area contributed by atoms with Gasteiger partial charge in [0.05, 0.1) is 12.4 Å². The molecule has 0 aliphatic carbocycles. The van der Waals surface area contributed by atoms with Crippen LogP contribution in [-0.2, 0) is 4.79 Å². The number of carbonyl (C=O) groups is 1. The van der Waals surface area contributed by atoms with Gasteiger partial charge in [0.1, 0.15) is 23.4 Å². The molecule has 4 N–H and O–H groups in total.